The van der Waals surface area contributed by atoms with Crippen molar-refractivity contribution >= 4 is 23.1 Å². The standard InChI is InChI=1S/C18H16FN3O2S/c1-2-16-17(25-22-21-16)18(23)20-14-4-3-5-15(10-14)24-11-12-6-8-13(19)9-7-12/h3-10H,2,11H2,1H3,(H,20,23). The van der Waals surface area contributed by atoms with Crippen molar-refractivity contribution in [3.05, 3.63) is 70.5 Å². The lowest BCUT2D eigenvalue weighted by molar-refractivity contribution is 0.102. The van der Waals surface area contributed by atoms with E-state index in [2.05, 4.69) is 14.9 Å². The van der Waals surface area contributed by atoms with Crippen molar-refractivity contribution in [1.82, 2.24) is 9.59 Å². The summed E-state index contributed by atoms with van der Waals surface area (Å²) in [6.45, 7) is 2.24. The van der Waals surface area contributed by atoms with Gasteiger partial charge in [0, 0.05) is 11.8 Å². The second kappa shape index (κ2) is 7.85. The van der Waals surface area contributed by atoms with E-state index in [1.54, 1.807) is 36.4 Å². The molecule has 0 bridgehead atoms. The van der Waals surface area contributed by atoms with Crippen molar-refractivity contribution in [3.8, 4) is 5.75 Å². The first-order chi connectivity index (χ1) is 12.2. The van der Waals surface area contributed by atoms with Gasteiger partial charge in [-0.05, 0) is 47.8 Å². The van der Waals surface area contributed by atoms with Crippen molar-refractivity contribution in [3.63, 3.8) is 0 Å². The summed E-state index contributed by atoms with van der Waals surface area (Å²) >= 11 is 1.08. The molecule has 0 spiro atoms. The van der Waals surface area contributed by atoms with Crippen molar-refractivity contribution in [2.45, 2.75) is 20.0 Å². The molecule has 0 aliphatic carbocycles. The lowest BCUT2D eigenvalue weighted by Gasteiger charge is -2.09. The molecule has 1 aromatic heterocycles. The van der Waals surface area contributed by atoms with Gasteiger partial charge in [0.1, 0.15) is 23.1 Å². The number of nitrogens with zero attached hydrogens (tertiary/aromatic N) is 2. The van der Waals surface area contributed by atoms with Gasteiger partial charge in [0.2, 0.25) is 0 Å². The molecular weight excluding hydrogens is 341 g/mol. The third-order valence-corrected chi connectivity index (χ3v) is 4.27. The van der Waals surface area contributed by atoms with Crippen LogP contribution in [0.2, 0.25) is 0 Å². The summed E-state index contributed by atoms with van der Waals surface area (Å²) in [4.78, 5) is 12.8. The molecule has 0 radical (unpaired) electrons. The minimum atomic E-state index is -0.280. The first-order valence-electron chi connectivity index (χ1n) is 7.75. The summed E-state index contributed by atoms with van der Waals surface area (Å²) in [6, 6.07) is 13.2. The van der Waals surface area contributed by atoms with E-state index in [1.165, 1.54) is 12.1 Å². The zero-order valence-electron chi connectivity index (χ0n) is 13.5. The first-order valence-corrected chi connectivity index (χ1v) is 8.53. The number of hydrogen-bond donors (Lipinski definition) is 1. The highest BCUT2D eigenvalue weighted by atomic mass is 32.1. The van der Waals surface area contributed by atoms with Crippen molar-refractivity contribution in [2.75, 3.05) is 5.32 Å². The molecular formula is C18H16FN3O2S. The molecule has 0 saturated carbocycles. The Morgan fingerprint density at radius 3 is 2.80 bits per heavy atom. The van der Waals surface area contributed by atoms with Gasteiger partial charge < -0.3 is 10.1 Å². The highest BCUT2D eigenvalue weighted by Gasteiger charge is 2.15. The summed E-state index contributed by atoms with van der Waals surface area (Å²) < 4.78 is 22.4. The van der Waals surface area contributed by atoms with Gasteiger partial charge in [-0.3, -0.25) is 4.79 Å². The lowest BCUT2D eigenvalue weighted by Crippen LogP contribution is -2.12. The monoisotopic (exact) mass is 357 g/mol. The van der Waals surface area contributed by atoms with Crippen LogP contribution in [0, 0.1) is 5.82 Å². The quantitative estimate of drug-likeness (QED) is 0.722. The smallest absolute Gasteiger partial charge is 0.269 e. The molecule has 0 aliphatic heterocycles. The van der Waals surface area contributed by atoms with E-state index in [0.29, 0.717) is 35.0 Å². The van der Waals surface area contributed by atoms with Gasteiger partial charge in [0.25, 0.3) is 5.91 Å². The fourth-order valence-corrected chi connectivity index (χ4v) is 2.86. The Kier molecular flexibility index (Phi) is 5.35. The van der Waals surface area contributed by atoms with Crippen molar-refractivity contribution in [1.29, 1.82) is 0 Å². The van der Waals surface area contributed by atoms with E-state index in [0.717, 1.165) is 17.1 Å². The Hall–Kier alpha value is -2.80. The molecule has 0 fully saturated rings. The number of aromatic nitrogens is 2. The van der Waals surface area contributed by atoms with Crippen LogP contribution in [0.1, 0.15) is 27.9 Å². The molecule has 1 N–H and O–H groups in total. The zero-order valence-corrected chi connectivity index (χ0v) is 14.3. The van der Waals surface area contributed by atoms with Crippen molar-refractivity contribution in [2.24, 2.45) is 0 Å². The number of carbonyl (C=O) groups is 1. The van der Waals surface area contributed by atoms with E-state index in [1.807, 2.05) is 6.92 Å². The third kappa shape index (κ3) is 4.39. The molecule has 0 saturated heterocycles. The molecule has 7 heteroatoms. The highest BCUT2D eigenvalue weighted by Crippen LogP contribution is 2.20. The molecule has 3 rings (SSSR count). The van der Waals surface area contributed by atoms with Crippen LogP contribution in [0.25, 0.3) is 0 Å². The fourth-order valence-electron chi connectivity index (χ4n) is 2.21. The summed E-state index contributed by atoms with van der Waals surface area (Å²) in [7, 11) is 0. The maximum atomic E-state index is 12.9. The van der Waals surface area contributed by atoms with Crippen LogP contribution >= 0.6 is 11.5 Å². The van der Waals surface area contributed by atoms with Gasteiger partial charge in [-0.25, -0.2) is 4.39 Å². The number of ether oxygens (including phenoxy) is 1. The average molecular weight is 357 g/mol. The Morgan fingerprint density at radius 2 is 2.04 bits per heavy atom. The van der Waals surface area contributed by atoms with E-state index < -0.39 is 0 Å². The number of hydrogen-bond acceptors (Lipinski definition) is 5. The molecule has 0 atom stereocenters. The van der Waals surface area contributed by atoms with Gasteiger partial charge in [0.05, 0.1) is 5.69 Å². The van der Waals surface area contributed by atoms with Crippen LogP contribution in [-0.2, 0) is 13.0 Å². The number of halogens is 1. The van der Waals surface area contributed by atoms with E-state index in [4.69, 9.17) is 4.74 Å². The lowest BCUT2D eigenvalue weighted by atomic mass is 10.2. The number of amides is 1. The maximum absolute atomic E-state index is 12.9. The molecule has 0 unspecified atom stereocenters. The molecule has 3 aromatic rings. The Labute approximate surface area is 148 Å². The Bertz CT molecular complexity index is 865. The predicted octanol–water partition coefficient (Wildman–Crippen LogP) is 4.07. The SMILES string of the molecule is CCc1nnsc1C(=O)Nc1cccc(OCc2ccc(F)cc2)c1. The van der Waals surface area contributed by atoms with Gasteiger partial charge >= 0.3 is 0 Å². The normalized spacial score (nSPS) is 10.5. The highest BCUT2D eigenvalue weighted by molar-refractivity contribution is 7.08. The molecule has 5 nitrogen and oxygen atoms in total. The molecule has 25 heavy (non-hydrogen) atoms. The number of anilines is 1. The second-order valence-electron chi connectivity index (χ2n) is 5.30. The van der Waals surface area contributed by atoms with E-state index in [-0.39, 0.29) is 11.7 Å². The number of benzene rings is 2. The fraction of sp³-hybridized carbons (Fsp3) is 0.167. The van der Waals surface area contributed by atoms with Gasteiger partial charge in [0.15, 0.2) is 0 Å². The summed E-state index contributed by atoms with van der Waals surface area (Å²) in [5, 5.41) is 6.77. The summed E-state index contributed by atoms with van der Waals surface area (Å²) in [6.07, 6.45) is 0.653. The first kappa shape index (κ1) is 17.0. The molecule has 0 aliphatic rings. The van der Waals surface area contributed by atoms with Crippen LogP contribution in [0.4, 0.5) is 10.1 Å². The maximum Gasteiger partial charge on any atom is 0.269 e. The number of carbonyl (C=O) groups excluding carboxylic acids is 1. The largest absolute Gasteiger partial charge is 0.489 e. The minimum Gasteiger partial charge on any atom is -0.489 e. The second-order valence-corrected chi connectivity index (χ2v) is 6.05. The van der Waals surface area contributed by atoms with Gasteiger partial charge in [-0.1, -0.05) is 29.6 Å². The van der Waals surface area contributed by atoms with E-state index in [9.17, 15) is 9.18 Å². The molecule has 2 aromatic carbocycles. The Morgan fingerprint density at radius 1 is 1.24 bits per heavy atom. The Balaban J connectivity index is 1.65. The van der Waals surface area contributed by atoms with Crippen LogP contribution in [0.5, 0.6) is 5.75 Å². The average Bonchev–Trinajstić information content (AvgIpc) is 3.10. The van der Waals surface area contributed by atoms with Crippen LogP contribution in [-0.4, -0.2) is 15.5 Å². The summed E-state index contributed by atoms with van der Waals surface area (Å²) in [5.74, 6) is 0.0975. The van der Waals surface area contributed by atoms with Crippen LogP contribution in [0.15, 0.2) is 48.5 Å². The molecule has 128 valence electrons. The van der Waals surface area contributed by atoms with Crippen LogP contribution < -0.4 is 10.1 Å². The van der Waals surface area contributed by atoms with Gasteiger partial charge in [-0.2, -0.15) is 0 Å². The predicted molar refractivity (Wildman–Crippen MR) is 94.4 cm³/mol. The topological polar surface area (TPSA) is 64.1 Å². The number of rotatable bonds is 6. The number of aryl methyl sites for hydroxylation is 1. The minimum absolute atomic E-state index is 0.234. The molecule has 1 amide bonds. The molecule has 1 heterocycles. The van der Waals surface area contributed by atoms with E-state index >= 15 is 0 Å². The van der Waals surface area contributed by atoms with Gasteiger partial charge in [-0.15, -0.1) is 5.10 Å². The third-order valence-electron chi connectivity index (χ3n) is 3.51. The zero-order chi connectivity index (χ0) is 17.6. The van der Waals surface area contributed by atoms with Crippen molar-refractivity contribution < 1.29 is 13.9 Å². The van der Waals surface area contributed by atoms with Crippen LogP contribution in [0.3, 0.4) is 0 Å². The summed E-state index contributed by atoms with van der Waals surface area (Å²) in [5.41, 5.74) is 2.17. The number of nitrogens with one attached hydrogen (secondary N) is 1.